The number of nitrogens with two attached hydrogens (primary N) is 1. The number of benzene rings is 2. The van der Waals surface area contributed by atoms with E-state index in [0.29, 0.717) is 11.4 Å². The van der Waals surface area contributed by atoms with E-state index in [-0.39, 0.29) is 22.2 Å². The largest absolute Gasteiger partial charge is 0.422 e. The standard InChI is InChI=1S/C16H11N3O5/c17-12-3-1-2-4-13(12)18-15(20)11-8-9-7-10(19(22)23)5-6-14(9)24-16(11)21/h1-8H,17H2,(H,18,20). The van der Waals surface area contributed by atoms with Crippen molar-refractivity contribution in [3.8, 4) is 0 Å². The molecule has 1 aromatic heterocycles. The zero-order valence-corrected chi connectivity index (χ0v) is 12.2. The molecule has 0 saturated carbocycles. The molecule has 0 aliphatic heterocycles. The van der Waals surface area contributed by atoms with E-state index < -0.39 is 16.5 Å². The van der Waals surface area contributed by atoms with Crippen molar-refractivity contribution >= 4 is 33.9 Å². The summed E-state index contributed by atoms with van der Waals surface area (Å²) in [7, 11) is 0. The third-order valence-corrected chi connectivity index (χ3v) is 3.38. The van der Waals surface area contributed by atoms with Gasteiger partial charge in [-0.05, 0) is 24.3 Å². The van der Waals surface area contributed by atoms with Gasteiger partial charge in [0, 0.05) is 17.5 Å². The van der Waals surface area contributed by atoms with Gasteiger partial charge in [-0.1, -0.05) is 12.1 Å². The molecule has 0 fully saturated rings. The van der Waals surface area contributed by atoms with Gasteiger partial charge in [-0.15, -0.1) is 0 Å². The molecule has 0 bridgehead atoms. The number of nitro benzene ring substituents is 1. The zero-order valence-electron chi connectivity index (χ0n) is 12.2. The minimum absolute atomic E-state index is 0.154. The molecule has 0 aliphatic rings. The Morgan fingerprint density at radius 2 is 1.92 bits per heavy atom. The molecule has 0 atom stereocenters. The summed E-state index contributed by atoms with van der Waals surface area (Å²) >= 11 is 0. The molecule has 0 spiro atoms. The summed E-state index contributed by atoms with van der Waals surface area (Å²) in [5, 5.41) is 13.6. The maximum atomic E-state index is 12.3. The molecule has 0 aliphatic carbocycles. The molecule has 120 valence electrons. The number of anilines is 2. The van der Waals surface area contributed by atoms with Gasteiger partial charge in [-0.2, -0.15) is 0 Å². The first-order chi connectivity index (χ1) is 11.5. The fourth-order valence-corrected chi connectivity index (χ4v) is 2.18. The summed E-state index contributed by atoms with van der Waals surface area (Å²) in [6.45, 7) is 0. The second kappa shape index (κ2) is 5.84. The molecule has 1 heterocycles. The molecule has 24 heavy (non-hydrogen) atoms. The Labute approximate surface area is 134 Å². The van der Waals surface area contributed by atoms with Crippen LogP contribution in [-0.2, 0) is 0 Å². The van der Waals surface area contributed by atoms with E-state index in [9.17, 15) is 19.7 Å². The Kier molecular flexibility index (Phi) is 3.70. The Morgan fingerprint density at radius 1 is 1.17 bits per heavy atom. The maximum absolute atomic E-state index is 12.3. The Balaban J connectivity index is 2.03. The number of nitro groups is 1. The van der Waals surface area contributed by atoms with Crippen molar-refractivity contribution in [1.82, 2.24) is 0 Å². The lowest BCUT2D eigenvalue weighted by atomic mass is 10.1. The lowest BCUT2D eigenvalue weighted by molar-refractivity contribution is -0.384. The van der Waals surface area contributed by atoms with Crippen molar-refractivity contribution in [3.05, 3.63) is 74.6 Å². The first kappa shape index (κ1) is 15.2. The van der Waals surface area contributed by atoms with Gasteiger partial charge in [0.25, 0.3) is 11.6 Å². The molecule has 8 nitrogen and oxygen atoms in total. The highest BCUT2D eigenvalue weighted by Crippen LogP contribution is 2.21. The van der Waals surface area contributed by atoms with Gasteiger partial charge in [0.1, 0.15) is 11.1 Å². The summed E-state index contributed by atoms with van der Waals surface area (Å²) in [4.78, 5) is 34.5. The number of carbonyl (C=O) groups excluding carboxylic acids is 1. The molecule has 3 rings (SSSR count). The molecule has 2 aromatic carbocycles. The molecule has 3 N–H and O–H groups in total. The molecule has 8 heteroatoms. The number of hydrogen-bond donors (Lipinski definition) is 2. The van der Waals surface area contributed by atoms with E-state index in [2.05, 4.69) is 5.32 Å². The number of non-ortho nitro benzene ring substituents is 1. The molecule has 1 amide bonds. The number of nitrogens with zero attached hydrogens (tertiary/aromatic N) is 1. The minimum Gasteiger partial charge on any atom is -0.422 e. The van der Waals surface area contributed by atoms with Crippen molar-refractivity contribution in [2.45, 2.75) is 0 Å². The van der Waals surface area contributed by atoms with Gasteiger partial charge in [0.05, 0.1) is 16.3 Å². The molecule has 0 unspecified atom stereocenters. The number of rotatable bonds is 3. The SMILES string of the molecule is Nc1ccccc1NC(=O)c1cc2cc([N+](=O)[O-])ccc2oc1=O. The van der Waals surface area contributed by atoms with Crippen LogP contribution in [0.25, 0.3) is 11.0 Å². The highest BCUT2D eigenvalue weighted by molar-refractivity contribution is 6.06. The number of nitrogens with one attached hydrogen (secondary N) is 1. The van der Waals surface area contributed by atoms with Crippen LogP contribution in [0.1, 0.15) is 10.4 Å². The van der Waals surface area contributed by atoms with Gasteiger partial charge in [0.2, 0.25) is 0 Å². The number of fused-ring (bicyclic) bond motifs is 1. The molecule has 0 saturated heterocycles. The van der Waals surface area contributed by atoms with Crippen LogP contribution in [0.15, 0.2) is 57.7 Å². The fraction of sp³-hybridized carbons (Fsp3) is 0. The first-order valence-electron chi connectivity index (χ1n) is 6.84. The molecule has 0 radical (unpaired) electrons. The van der Waals surface area contributed by atoms with Gasteiger partial charge < -0.3 is 15.5 Å². The lowest BCUT2D eigenvalue weighted by Gasteiger charge is -2.07. The first-order valence-corrected chi connectivity index (χ1v) is 6.84. The van der Waals surface area contributed by atoms with Crippen LogP contribution in [0, 0.1) is 10.1 Å². The predicted molar refractivity (Wildman–Crippen MR) is 87.9 cm³/mol. The summed E-state index contributed by atoms with van der Waals surface area (Å²) in [5.41, 5.74) is 5.29. The van der Waals surface area contributed by atoms with E-state index in [1.807, 2.05) is 0 Å². The van der Waals surface area contributed by atoms with Crippen molar-refractivity contribution in [2.24, 2.45) is 0 Å². The topological polar surface area (TPSA) is 128 Å². The van der Waals surface area contributed by atoms with Crippen LogP contribution < -0.4 is 16.7 Å². The van der Waals surface area contributed by atoms with E-state index in [1.54, 1.807) is 24.3 Å². The molecular formula is C16H11N3O5. The van der Waals surface area contributed by atoms with Crippen molar-refractivity contribution in [3.63, 3.8) is 0 Å². The maximum Gasteiger partial charge on any atom is 0.349 e. The van der Waals surface area contributed by atoms with Crippen molar-refractivity contribution < 1.29 is 14.1 Å². The highest BCUT2D eigenvalue weighted by Gasteiger charge is 2.16. The highest BCUT2D eigenvalue weighted by atomic mass is 16.6. The summed E-state index contributed by atoms with van der Waals surface area (Å²) in [5.74, 6) is -0.713. The second-order valence-electron chi connectivity index (χ2n) is 4.97. The third-order valence-electron chi connectivity index (χ3n) is 3.38. The minimum atomic E-state index is -0.844. The van der Waals surface area contributed by atoms with Crippen LogP contribution in [0.3, 0.4) is 0 Å². The monoisotopic (exact) mass is 325 g/mol. The van der Waals surface area contributed by atoms with Gasteiger partial charge in [-0.3, -0.25) is 14.9 Å². The number of carbonyl (C=O) groups is 1. The third kappa shape index (κ3) is 2.80. The van der Waals surface area contributed by atoms with Crippen LogP contribution in [-0.4, -0.2) is 10.8 Å². The zero-order chi connectivity index (χ0) is 17.3. The normalized spacial score (nSPS) is 10.5. The lowest BCUT2D eigenvalue weighted by Crippen LogP contribution is -2.21. The predicted octanol–water partition coefficient (Wildman–Crippen LogP) is 2.54. The number of nitrogen functional groups attached to an aromatic ring is 1. The molecule has 3 aromatic rings. The number of para-hydroxylation sites is 2. The van der Waals surface area contributed by atoms with E-state index in [4.69, 9.17) is 10.2 Å². The number of amides is 1. The van der Waals surface area contributed by atoms with E-state index >= 15 is 0 Å². The summed E-state index contributed by atoms with van der Waals surface area (Å²) < 4.78 is 5.05. The summed E-state index contributed by atoms with van der Waals surface area (Å²) in [6, 6.07) is 11.6. The summed E-state index contributed by atoms with van der Waals surface area (Å²) in [6.07, 6.45) is 0. The van der Waals surface area contributed by atoms with Crippen LogP contribution >= 0.6 is 0 Å². The smallest absolute Gasteiger partial charge is 0.349 e. The second-order valence-corrected chi connectivity index (χ2v) is 4.97. The Hall–Kier alpha value is -3.68. The van der Waals surface area contributed by atoms with E-state index in [1.165, 1.54) is 24.3 Å². The Bertz CT molecular complexity index is 1030. The van der Waals surface area contributed by atoms with Crippen LogP contribution in [0.4, 0.5) is 17.1 Å². The Morgan fingerprint density at radius 3 is 2.62 bits per heavy atom. The number of hydrogen-bond acceptors (Lipinski definition) is 6. The van der Waals surface area contributed by atoms with Gasteiger partial charge in [-0.25, -0.2) is 4.79 Å². The van der Waals surface area contributed by atoms with Crippen LogP contribution in [0.5, 0.6) is 0 Å². The van der Waals surface area contributed by atoms with Crippen molar-refractivity contribution in [2.75, 3.05) is 11.1 Å². The van der Waals surface area contributed by atoms with Gasteiger partial charge >= 0.3 is 5.63 Å². The average Bonchev–Trinajstić information content (AvgIpc) is 2.55. The average molecular weight is 325 g/mol. The molecular weight excluding hydrogens is 314 g/mol. The van der Waals surface area contributed by atoms with Gasteiger partial charge in [0.15, 0.2) is 0 Å². The van der Waals surface area contributed by atoms with Crippen LogP contribution in [0.2, 0.25) is 0 Å². The fourth-order valence-electron chi connectivity index (χ4n) is 2.18. The van der Waals surface area contributed by atoms with Crippen molar-refractivity contribution in [1.29, 1.82) is 0 Å². The van der Waals surface area contributed by atoms with E-state index in [0.717, 1.165) is 0 Å². The quantitative estimate of drug-likeness (QED) is 0.329.